The molecule has 0 fully saturated rings. The van der Waals surface area contributed by atoms with Crippen LogP contribution in [-0.4, -0.2) is 9.97 Å². The second-order valence-corrected chi connectivity index (χ2v) is 4.52. The molecule has 0 aliphatic carbocycles. The van der Waals surface area contributed by atoms with Gasteiger partial charge in [-0.1, -0.05) is 30.2 Å². The van der Waals surface area contributed by atoms with E-state index < -0.39 is 0 Å². The number of benzene rings is 1. The summed E-state index contributed by atoms with van der Waals surface area (Å²) in [7, 11) is 0. The van der Waals surface area contributed by atoms with Crippen LogP contribution in [0, 0.1) is 13.8 Å². The first-order valence-electron chi connectivity index (χ1n) is 5.55. The molecule has 0 bridgehead atoms. The van der Waals surface area contributed by atoms with Crippen molar-refractivity contribution in [3.05, 3.63) is 34.2 Å². The second kappa shape index (κ2) is 4.38. The number of fused-ring (bicyclic) bond motifs is 1. The van der Waals surface area contributed by atoms with Crippen molar-refractivity contribution in [2.45, 2.75) is 33.6 Å². The summed E-state index contributed by atoms with van der Waals surface area (Å²) in [5, 5.41) is 1.53. The van der Waals surface area contributed by atoms with E-state index in [2.05, 4.69) is 36.8 Å². The van der Waals surface area contributed by atoms with E-state index >= 15 is 0 Å². The second-order valence-electron chi connectivity index (χ2n) is 4.16. The maximum absolute atomic E-state index is 6.19. The maximum atomic E-state index is 6.19. The van der Waals surface area contributed by atoms with Gasteiger partial charge in [0.1, 0.15) is 11.0 Å². The summed E-state index contributed by atoms with van der Waals surface area (Å²) in [5.74, 6) is 0.840. The average Bonchev–Trinajstić information content (AvgIpc) is 2.20. The molecule has 0 amide bonds. The van der Waals surface area contributed by atoms with Crippen LogP contribution >= 0.6 is 11.6 Å². The van der Waals surface area contributed by atoms with Crippen molar-refractivity contribution in [3.63, 3.8) is 0 Å². The van der Waals surface area contributed by atoms with Crippen LogP contribution in [0.4, 0.5) is 0 Å². The average molecular weight is 235 g/mol. The zero-order valence-electron chi connectivity index (χ0n) is 9.84. The van der Waals surface area contributed by atoms with E-state index in [9.17, 15) is 0 Å². The first-order valence-corrected chi connectivity index (χ1v) is 5.93. The topological polar surface area (TPSA) is 25.8 Å². The summed E-state index contributed by atoms with van der Waals surface area (Å²) < 4.78 is 0. The van der Waals surface area contributed by atoms with Crippen molar-refractivity contribution in [1.29, 1.82) is 0 Å². The van der Waals surface area contributed by atoms with E-state index in [1.165, 1.54) is 5.56 Å². The summed E-state index contributed by atoms with van der Waals surface area (Å²) in [6, 6.07) is 4.17. The molecule has 0 aliphatic rings. The summed E-state index contributed by atoms with van der Waals surface area (Å²) in [6.07, 6.45) is 1.91. The van der Waals surface area contributed by atoms with Crippen LogP contribution in [0.1, 0.15) is 30.3 Å². The number of aryl methyl sites for hydroxylation is 3. The number of aromatic nitrogens is 2. The van der Waals surface area contributed by atoms with Gasteiger partial charge in [0.05, 0.1) is 5.52 Å². The van der Waals surface area contributed by atoms with Crippen molar-refractivity contribution < 1.29 is 0 Å². The lowest BCUT2D eigenvalue weighted by Gasteiger charge is -2.07. The Balaban J connectivity index is 2.71. The predicted molar refractivity (Wildman–Crippen MR) is 68.0 cm³/mol. The van der Waals surface area contributed by atoms with Gasteiger partial charge in [-0.15, -0.1) is 0 Å². The molecule has 0 radical (unpaired) electrons. The summed E-state index contributed by atoms with van der Waals surface area (Å²) in [6.45, 7) is 6.24. The summed E-state index contributed by atoms with van der Waals surface area (Å²) in [4.78, 5) is 8.90. The minimum Gasteiger partial charge on any atom is -0.233 e. The van der Waals surface area contributed by atoms with Crippen LogP contribution in [-0.2, 0) is 6.42 Å². The lowest BCUT2D eigenvalue weighted by atomic mass is 10.1. The lowest BCUT2D eigenvalue weighted by Crippen LogP contribution is -1.97. The molecule has 0 unspecified atom stereocenters. The van der Waals surface area contributed by atoms with Gasteiger partial charge in [-0.05, 0) is 31.9 Å². The molecule has 1 aromatic carbocycles. The molecule has 16 heavy (non-hydrogen) atoms. The van der Waals surface area contributed by atoms with Gasteiger partial charge >= 0.3 is 0 Å². The highest BCUT2D eigenvalue weighted by Gasteiger charge is 2.08. The zero-order chi connectivity index (χ0) is 11.7. The summed E-state index contributed by atoms with van der Waals surface area (Å²) in [5.41, 5.74) is 3.34. The van der Waals surface area contributed by atoms with Gasteiger partial charge in [0, 0.05) is 11.8 Å². The normalized spacial score (nSPS) is 11.0. The van der Waals surface area contributed by atoms with E-state index in [0.717, 1.165) is 35.1 Å². The minimum atomic E-state index is 0.570. The Morgan fingerprint density at radius 2 is 1.94 bits per heavy atom. The van der Waals surface area contributed by atoms with Crippen molar-refractivity contribution in [2.24, 2.45) is 0 Å². The van der Waals surface area contributed by atoms with Gasteiger partial charge in [-0.3, -0.25) is 0 Å². The molecule has 2 rings (SSSR count). The fraction of sp³-hybridized carbons (Fsp3) is 0.385. The van der Waals surface area contributed by atoms with Crippen LogP contribution in [0.15, 0.2) is 12.1 Å². The molecule has 2 nitrogen and oxygen atoms in total. The molecule has 84 valence electrons. The quantitative estimate of drug-likeness (QED) is 0.738. The molecule has 0 saturated carbocycles. The molecule has 0 N–H and O–H groups in total. The molecule has 1 heterocycles. The van der Waals surface area contributed by atoms with E-state index in [1.54, 1.807) is 0 Å². The van der Waals surface area contributed by atoms with Crippen LogP contribution < -0.4 is 0 Å². The Labute approximate surface area is 101 Å². The van der Waals surface area contributed by atoms with E-state index in [0.29, 0.717) is 5.15 Å². The molecular formula is C13H15ClN2. The Morgan fingerprint density at radius 1 is 1.19 bits per heavy atom. The zero-order valence-corrected chi connectivity index (χ0v) is 10.6. The van der Waals surface area contributed by atoms with Gasteiger partial charge in [0.25, 0.3) is 0 Å². The number of hydrogen-bond acceptors (Lipinski definition) is 2. The highest BCUT2D eigenvalue weighted by Crippen LogP contribution is 2.24. The minimum absolute atomic E-state index is 0.570. The smallest absolute Gasteiger partial charge is 0.140 e. The van der Waals surface area contributed by atoms with E-state index in [-0.39, 0.29) is 0 Å². The molecule has 0 atom stereocenters. The first-order chi connectivity index (χ1) is 7.61. The standard InChI is InChI=1S/C13H15ClN2/c1-4-5-11-15-12-9(3)6-8(2)7-10(12)13(14)16-11/h6-7H,4-5H2,1-3H3. The van der Waals surface area contributed by atoms with E-state index in [1.807, 2.05) is 6.07 Å². The lowest BCUT2D eigenvalue weighted by molar-refractivity contribution is 0.844. The molecule has 1 aromatic heterocycles. The fourth-order valence-corrected chi connectivity index (χ4v) is 2.17. The Hall–Kier alpha value is -1.15. The fourth-order valence-electron chi connectivity index (χ4n) is 1.93. The molecule has 0 aliphatic heterocycles. The van der Waals surface area contributed by atoms with Crippen LogP contribution in [0.3, 0.4) is 0 Å². The van der Waals surface area contributed by atoms with Gasteiger partial charge in [-0.25, -0.2) is 9.97 Å². The van der Waals surface area contributed by atoms with Gasteiger partial charge in [-0.2, -0.15) is 0 Å². The first kappa shape index (κ1) is 11.3. The highest BCUT2D eigenvalue weighted by molar-refractivity contribution is 6.34. The van der Waals surface area contributed by atoms with Crippen molar-refractivity contribution in [1.82, 2.24) is 9.97 Å². The van der Waals surface area contributed by atoms with Crippen molar-refractivity contribution in [3.8, 4) is 0 Å². The Morgan fingerprint density at radius 3 is 2.62 bits per heavy atom. The van der Waals surface area contributed by atoms with Gasteiger partial charge in [0.15, 0.2) is 0 Å². The largest absolute Gasteiger partial charge is 0.233 e. The van der Waals surface area contributed by atoms with Gasteiger partial charge in [0.2, 0.25) is 0 Å². The third-order valence-corrected chi connectivity index (χ3v) is 2.90. The number of hydrogen-bond donors (Lipinski definition) is 0. The third kappa shape index (κ3) is 2.03. The summed E-state index contributed by atoms with van der Waals surface area (Å²) >= 11 is 6.19. The number of rotatable bonds is 2. The van der Waals surface area contributed by atoms with Crippen LogP contribution in [0.5, 0.6) is 0 Å². The van der Waals surface area contributed by atoms with Crippen molar-refractivity contribution >= 4 is 22.5 Å². The SMILES string of the molecule is CCCc1nc(Cl)c2cc(C)cc(C)c2n1. The highest BCUT2D eigenvalue weighted by atomic mass is 35.5. The molecular weight excluding hydrogens is 220 g/mol. The van der Waals surface area contributed by atoms with Crippen LogP contribution in [0.25, 0.3) is 10.9 Å². The van der Waals surface area contributed by atoms with Gasteiger partial charge < -0.3 is 0 Å². The Kier molecular flexibility index (Phi) is 3.10. The maximum Gasteiger partial charge on any atom is 0.140 e. The molecule has 2 aromatic rings. The van der Waals surface area contributed by atoms with Crippen molar-refractivity contribution in [2.75, 3.05) is 0 Å². The molecule has 3 heteroatoms. The number of halogens is 1. The Bertz CT molecular complexity index is 535. The van der Waals surface area contributed by atoms with Crippen LogP contribution in [0.2, 0.25) is 5.15 Å². The molecule has 0 saturated heterocycles. The third-order valence-electron chi connectivity index (χ3n) is 2.61. The predicted octanol–water partition coefficient (Wildman–Crippen LogP) is 3.85. The van der Waals surface area contributed by atoms with E-state index in [4.69, 9.17) is 11.6 Å². The number of nitrogens with zero attached hydrogens (tertiary/aromatic N) is 2. The molecule has 0 spiro atoms. The monoisotopic (exact) mass is 234 g/mol.